The number of unbranched alkanes of at least 4 members (excludes halogenated alkanes) is 3. The van der Waals surface area contributed by atoms with Crippen LogP contribution in [0.2, 0.25) is 0 Å². The second-order valence-corrected chi connectivity index (χ2v) is 5.78. The van der Waals surface area contributed by atoms with Gasteiger partial charge in [0, 0.05) is 25.0 Å². The Morgan fingerprint density at radius 3 is 2.83 bits per heavy atom. The summed E-state index contributed by atoms with van der Waals surface area (Å²) in [6.07, 6.45) is 7.93. The van der Waals surface area contributed by atoms with Crippen LogP contribution < -0.4 is 15.0 Å². The molecule has 0 bridgehead atoms. The van der Waals surface area contributed by atoms with Gasteiger partial charge in [0.2, 0.25) is 0 Å². The normalized spacial score (nSPS) is 15.9. The smallest absolute Gasteiger partial charge is 0.294 e. The van der Waals surface area contributed by atoms with Gasteiger partial charge >= 0.3 is 0 Å². The van der Waals surface area contributed by atoms with Crippen LogP contribution in [0.3, 0.4) is 0 Å². The monoisotopic (exact) mass is 335 g/mol. The molecule has 0 saturated heterocycles. The molecule has 1 aromatic rings. The van der Waals surface area contributed by atoms with Crippen LogP contribution in [0.4, 0.5) is 5.69 Å². The lowest BCUT2D eigenvalue weighted by Crippen LogP contribution is -2.26. The number of anilines is 1. The molecule has 0 saturated carbocycles. The molecule has 1 heterocycles. The molecule has 2 rings (SSSR count). The number of fused-ring (bicyclic) bond motifs is 1. The van der Waals surface area contributed by atoms with Gasteiger partial charge in [-0.1, -0.05) is 18.9 Å². The van der Waals surface area contributed by atoms with Crippen molar-refractivity contribution < 1.29 is 14.7 Å². The third kappa shape index (κ3) is 5.13. The molecule has 1 aromatic carbocycles. The predicted octanol–water partition coefficient (Wildman–Crippen LogP) is 3.06. The summed E-state index contributed by atoms with van der Waals surface area (Å²) in [5.41, 5.74) is 2.38. The highest BCUT2D eigenvalue weighted by Crippen LogP contribution is 2.34. The molecule has 24 heavy (non-hydrogen) atoms. The Morgan fingerprint density at radius 2 is 2.08 bits per heavy atom. The Bertz CT molecular complexity index is 577. The molecule has 0 radical (unpaired) electrons. The minimum absolute atomic E-state index is 0.188. The van der Waals surface area contributed by atoms with E-state index in [4.69, 9.17) is 4.74 Å². The Labute approximate surface area is 142 Å². The number of benzene rings is 1. The molecule has 0 aliphatic carbocycles. The topological polar surface area (TPSA) is 76.9 Å². The average molecular weight is 335 g/mol. The molecular weight excluding hydrogens is 310 g/mol. The fraction of sp³-hybridized carbons (Fsp3) is 0.529. The van der Waals surface area contributed by atoms with Gasteiger partial charge in [-0.2, -0.15) is 0 Å². The Morgan fingerprint density at radius 1 is 1.29 bits per heavy atom. The van der Waals surface area contributed by atoms with Crippen LogP contribution in [0.25, 0.3) is 0 Å². The Balaban J connectivity index is 1.74. The standard InChI is InChI=1S/C17H25N3O4/c1-19-11-9-16(15-8-7-14(23-2)13-17(15)19)18-10-5-3-4-6-12-24-20(21)22/h7-9,11,13,16,18H,3-6,10,12H2,1-2H3. The first-order valence-corrected chi connectivity index (χ1v) is 8.21. The van der Waals surface area contributed by atoms with Gasteiger partial charge in [0.25, 0.3) is 5.09 Å². The largest absolute Gasteiger partial charge is 0.497 e. The van der Waals surface area contributed by atoms with E-state index in [0.717, 1.165) is 43.7 Å². The van der Waals surface area contributed by atoms with Crippen molar-refractivity contribution >= 4 is 5.69 Å². The Hall–Kier alpha value is -2.28. The van der Waals surface area contributed by atoms with Gasteiger partial charge in [-0.15, -0.1) is 10.1 Å². The fourth-order valence-electron chi connectivity index (χ4n) is 2.77. The summed E-state index contributed by atoms with van der Waals surface area (Å²) in [4.78, 5) is 16.4. The van der Waals surface area contributed by atoms with Crippen LogP contribution in [0.1, 0.15) is 37.3 Å². The fourth-order valence-corrected chi connectivity index (χ4v) is 2.77. The second kappa shape index (κ2) is 9.12. The van der Waals surface area contributed by atoms with E-state index in [1.54, 1.807) is 7.11 Å². The maximum Gasteiger partial charge on any atom is 0.294 e. The van der Waals surface area contributed by atoms with Gasteiger partial charge < -0.3 is 19.8 Å². The molecule has 1 aliphatic heterocycles. The molecule has 7 heteroatoms. The van der Waals surface area contributed by atoms with Crippen molar-refractivity contribution in [2.24, 2.45) is 0 Å². The van der Waals surface area contributed by atoms with Crippen LogP contribution in [0, 0.1) is 10.1 Å². The maximum absolute atomic E-state index is 10.0. The zero-order valence-corrected chi connectivity index (χ0v) is 14.2. The molecule has 0 aromatic heterocycles. The highest BCUT2D eigenvalue weighted by atomic mass is 16.9. The lowest BCUT2D eigenvalue weighted by atomic mass is 10.0. The summed E-state index contributed by atoms with van der Waals surface area (Å²) in [5, 5.41) is 12.8. The highest BCUT2D eigenvalue weighted by Gasteiger charge is 2.19. The van der Waals surface area contributed by atoms with Gasteiger partial charge in [-0.3, -0.25) is 0 Å². The number of hydrogen-bond donors (Lipinski definition) is 1. The van der Waals surface area contributed by atoms with Gasteiger partial charge in [-0.25, -0.2) is 0 Å². The number of nitrogens with one attached hydrogen (secondary N) is 1. The number of methoxy groups -OCH3 is 1. The molecule has 0 spiro atoms. The maximum atomic E-state index is 10.0. The summed E-state index contributed by atoms with van der Waals surface area (Å²) in [5.74, 6) is 0.853. The molecule has 1 aliphatic rings. The minimum Gasteiger partial charge on any atom is -0.497 e. The van der Waals surface area contributed by atoms with Gasteiger partial charge in [-0.05, 0) is 37.1 Å². The average Bonchev–Trinajstić information content (AvgIpc) is 2.58. The van der Waals surface area contributed by atoms with E-state index < -0.39 is 5.09 Å². The van der Waals surface area contributed by atoms with E-state index in [0.29, 0.717) is 0 Å². The van der Waals surface area contributed by atoms with E-state index in [1.807, 2.05) is 19.2 Å². The zero-order valence-electron chi connectivity index (χ0n) is 14.2. The van der Waals surface area contributed by atoms with E-state index in [1.165, 1.54) is 5.56 Å². The zero-order chi connectivity index (χ0) is 17.4. The van der Waals surface area contributed by atoms with Crippen molar-refractivity contribution in [2.75, 3.05) is 32.2 Å². The minimum atomic E-state index is -0.736. The lowest BCUT2D eigenvalue weighted by Gasteiger charge is -2.29. The second-order valence-electron chi connectivity index (χ2n) is 5.78. The number of ether oxygens (including phenoxy) is 1. The van der Waals surface area contributed by atoms with Crippen LogP contribution in [-0.2, 0) is 4.84 Å². The molecule has 1 unspecified atom stereocenters. The van der Waals surface area contributed by atoms with Crippen LogP contribution in [0.5, 0.6) is 5.75 Å². The Kier molecular flexibility index (Phi) is 6.87. The van der Waals surface area contributed by atoms with Crippen molar-refractivity contribution in [3.63, 3.8) is 0 Å². The van der Waals surface area contributed by atoms with E-state index in [-0.39, 0.29) is 12.6 Å². The summed E-state index contributed by atoms with van der Waals surface area (Å²) in [7, 11) is 3.70. The first-order chi connectivity index (χ1) is 11.6. The van der Waals surface area contributed by atoms with Crippen LogP contribution in [0.15, 0.2) is 30.5 Å². The lowest BCUT2D eigenvalue weighted by molar-refractivity contribution is -0.757. The van der Waals surface area contributed by atoms with Crippen LogP contribution >= 0.6 is 0 Å². The molecule has 1 atom stereocenters. The molecule has 1 N–H and O–H groups in total. The van der Waals surface area contributed by atoms with Gasteiger partial charge in [0.15, 0.2) is 0 Å². The SMILES string of the molecule is COc1ccc2c(c1)N(C)C=CC2NCCCCCCO[N+](=O)[O-]. The third-order valence-corrected chi connectivity index (χ3v) is 4.09. The number of hydrogen-bond acceptors (Lipinski definition) is 6. The predicted molar refractivity (Wildman–Crippen MR) is 92.7 cm³/mol. The molecule has 0 fully saturated rings. The first-order valence-electron chi connectivity index (χ1n) is 8.21. The van der Waals surface area contributed by atoms with Crippen molar-refractivity contribution in [1.82, 2.24) is 5.32 Å². The summed E-state index contributed by atoms with van der Waals surface area (Å²) in [6.45, 7) is 1.09. The van der Waals surface area contributed by atoms with Gasteiger partial charge in [0.1, 0.15) is 5.75 Å². The van der Waals surface area contributed by atoms with E-state index in [9.17, 15) is 10.1 Å². The molecule has 7 nitrogen and oxygen atoms in total. The van der Waals surface area contributed by atoms with Crippen molar-refractivity contribution in [3.05, 3.63) is 46.2 Å². The first kappa shape index (κ1) is 18.1. The quantitative estimate of drug-likeness (QED) is 0.402. The third-order valence-electron chi connectivity index (χ3n) is 4.09. The summed E-state index contributed by atoms with van der Waals surface area (Å²) in [6, 6.07) is 6.32. The van der Waals surface area contributed by atoms with Crippen molar-refractivity contribution in [2.45, 2.75) is 31.7 Å². The van der Waals surface area contributed by atoms with Gasteiger partial charge in [0.05, 0.1) is 19.8 Å². The molecule has 132 valence electrons. The van der Waals surface area contributed by atoms with E-state index >= 15 is 0 Å². The van der Waals surface area contributed by atoms with E-state index in [2.05, 4.69) is 33.4 Å². The molecule has 0 amide bonds. The summed E-state index contributed by atoms with van der Waals surface area (Å²) < 4.78 is 5.30. The summed E-state index contributed by atoms with van der Waals surface area (Å²) >= 11 is 0. The highest BCUT2D eigenvalue weighted by molar-refractivity contribution is 5.62. The van der Waals surface area contributed by atoms with Crippen molar-refractivity contribution in [3.8, 4) is 5.75 Å². The van der Waals surface area contributed by atoms with Crippen molar-refractivity contribution in [1.29, 1.82) is 0 Å². The number of rotatable bonds is 10. The number of nitrogens with zero attached hydrogens (tertiary/aromatic N) is 2. The molecular formula is C17H25N3O4. The van der Waals surface area contributed by atoms with Crippen LogP contribution in [-0.4, -0.2) is 32.4 Å².